The Morgan fingerprint density at radius 1 is 1.18 bits per heavy atom. The Morgan fingerprint density at radius 2 is 1.79 bits per heavy atom. The highest BCUT2D eigenvalue weighted by atomic mass is 16.5. The van der Waals surface area contributed by atoms with Gasteiger partial charge in [0.15, 0.2) is 0 Å². The predicted octanol–water partition coefficient (Wildman–Crippen LogP) is 1.04. The summed E-state index contributed by atoms with van der Waals surface area (Å²) in [5.74, 6) is -1.68. The molecule has 9 nitrogen and oxygen atoms in total. The van der Waals surface area contributed by atoms with Crippen LogP contribution in [0.25, 0.3) is 0 Å². The molecule has 9 heteroatoms. The van der Waals surface area contributed by atoms with E-state index in [0.717, 1.165) is 5.56 Å². The van der Waals surface area contributed by atoms with Gasteiger partial charge < -0.3 is 20.5 Å². The Bertz CT molecular complexity index is 659. The monoisotopic (exact) mass is 395 g/mol. The summed E-state index contributed by atoms with van der Waals surface area (Å²) in [6.45, 7) is 5.52. The van der Waals surface area contributed by atoms with Gasteiger partial charge in [0, 0.05) is 13.5 Å². The maximum atomic E-state index is 12.1. The van der Waals surface area contributed by atoms with Crippen molar-refractivity contribution >= 4 is 17.8 Å². The minimum atomic E-state index is -1.63. The molecule has 0 heterocycles. The summed E-state index contributed by atoms with van der Waals surface area (Å²) < 4.78 is 5.37. The van der Waals surface area contributed by atoms with Gasteiger partial charge >= 0.3 is 6.03 Å². The zero-order valence-corrected chi connectivity index (χ0v) is 16.6. The molecule has 2 atom stereocenters. The second-order valence-corrected chi connectivity index (χ2v) is 7.36. The third-order valence-electron chi connectivity index (χ3n) is 3.98. The lowest BCUT2D eigenvalue weighted by Crippen LogP contribution is -2.57. The Hall–Kier alpha value is -2.49. The van der Waals surface area contributed by atoms with Crippen LogP contribution < -0.4 is 10.6 Å². The number of urea groups is 1. The Balaban J connectivity index is 2.52. The fraction of sp³-hybridized carbons (Fsp3) is 0.526. The van der Waals surface area contributed by atoms with Crippen molar-refractivity contribution in [2.24, 2.45) is 5.41 Å². The van der Waals surface area contributed by atoms with Gasteiger partial charge in [-0.15, -0.1) is 5.06 Å². The van der Waals surface area contributed by atoms with Crippen LogP contribution in [0.3, 0.4) is 0 Å². The summed E-state index contributed by atoms with van der Waals surface area (Å²) in [6.07, 6.45) is -1.73. The van der Waals surface area contributed by atoms with E-state index in [1.165, 1.54) is 7.05 Å². The number of nitrogens with zero attached hydrogens (tertiary/aromatic N) is 1. The quantitative estimate of drug-likeness (QED) is 0.296. The molecule has 0 aliphatic rings. The number of aliphatic hydroxyl groups is 1. The van der Waals surface area contributed by atoms with Crippen LogP contribution in [0.5, 0.6) is 0 Å². The molecule has 0 saturated carbocycles. The zero-order valence-electron chi connectivity index (χ0n) is 16.6. The first-order valence-electron chi connectivity index (χ1n) is 8.92. The number of hydroxylamine groups is 2. The molecule has 0 spiro atoms. The first-order valence-corrected chi connectivity index (χ1v) is 8.92. The van der Waals surface area contributed by atoms with Crippen LogP contribution in [-0.2, 0) is 20.9 Å². The van der Waals surface area contributed by atoms with Crippen LogP contribution in [0, 0.1) is 5.41 Å². The van der Waals surface area contributed by atoms with Crippen molar-refractivity contribution in [3.8, 4) is 0 Å². The number of hydrogen-bond acceptors (Lipinski definition) is 6. The summed E-state index contributed by atoms with van der Waals surface area (Å²) in [4.78, 5) is 36.1. The molecule has 28 heavy (non-hydrogen) atoms. The SMILES string of the molecule is CNC(=O)[C@@H](NC(=O)N(O)C(=O)[C@@H](O)CCOCc1ccccc1)C(C)(C)C. The van der Waals surface area contributed by atoms with Crippen LogP contribution in [-0.4, -0.2) is 59.0 Å². The van der Waals surface area contributed by atoms with Gasteiger partial charge in [0.25, 0.3) is 5.91 Å². The van der Waals surface area contributed by atoms with Crippen LogP contribution >= 0.6 is 0 Å². The molecular formula is C19H29N3O6. The maximum Gasteiger partial charge on any atom is 0.349 e. The average molecular weight is 395 g/mol. The largest absolute Gasteiger partial charge is 0.383 e. The number of carbonyl (C=O) groups is 3. The van der Waals surface area contributed by atoms with Crippen molar-refractivity contribution in [2.75, 3.05) is 13.7 Å². The summed E-state index contributed by atoms with van der Waals surface area (Å²) in [7, 11) is 1.41. The summed E-state index contributed by atoms with van der Waals surface area (Å²) in [5.41, 5.74) is 0.276. The molecule has 0 aromatic heterocycles. The van der Waals surface area contributed by atoms with Crippen molar-refractivity contribution in [1.82, 2.24) is 15.7 Å². The van der Waals surface area contributed by atoms with E-state index in [9.17, 15) is 24.7 Å². The van der Waals surface area contributed by atoms with Crippen molar-refractivity contribution < 1.29 is 29.4 Å². The number of hydrogen-bond donors (Lipinski definition) is 4. The Labute approximate surface area is 164 Å². The molecule has 4 N–H and O–H groups in total. The fourth-order valence-electron chi connectivity index (χ4n) is 2.33. The molecule has 0 radical (unpaired) electrons. The molecule has 0 bridgehead atoms. The predicted molar refractivity (Wildman–Crippen MR) is 101 cm³/mol. The van der Waals surface area contributed by atoms with Crippen molar-refractivity contribution in [3.63, 3.8) is 0 Å². The van der Waals surface area contributed by atoms with Gasteiger partial charge in [-0.1, -0.05) is 51.1 Å². The molecule has 1 aromatic rings. The zero-order chi connectivity index (χ0) is 21.3. The topological polar surface area (TPSA) is 128 Å². The molecule has 4 amide bonds. The average Bonchev–Trinajstić information content (AvgIpc) is 2.67. The highest BCUT2D eigenvalue weighted by Crippen LogP contribution is 2.19. The molecule has 156 valence electrons. The number of likely N-dealkylation sites (N-methyl/N-ethyl adjacent to an activating group) is 1. The number of rotatable bonds is 8. The maximum absolute atomic E-state index is 12.1. The number of ether oxygens (including phenoxy) is 1. The van der Waals surface area contributed by atoms with Gasteiger partial charge in [-0.25, -0.2) is 4.79 Å². The lowest BCUT2D eigenvalue weighted by Gasteiger charge is -2.30. The normalized spacial score (nSPS) is 13.4. The van der Waals surface area contributed by atoms with E-state index in [1.807, 2.05) is 30.3 Å². The van der Waals surface area contributed by atoms with Crippen LogP contribution in [0.1, 0.15) is 32.8 Å². The summed E-state index contributed by atoms with van der Waals surface area (Å²) >= 11 is 0. The minimum absolute atomic E-state index is 0.0557. The van der Waals surface area contributed by atoms with Crippen molar-refractivity contribution in [2.45, 2.75) is 45.9 Å². The molecule has 1 rings (SSSR count). The van der Waals surface area contributed by atoms with E-state index in [-0.39, 0.29) is 18.1 Å². The standard InChI is InChI=1S/C19H29N3O6/c1-19(2,3)15(16(24)20-4)21-18(26)22(27)17(25)14(23)10-11-28-12-13-8-6-5-7-9-13/h5-9,14-15,23,27H,10-12H2,1-4H3,(H,20,24)(H,21,26)/t14-,15+/m0/s1. The number of nitrogens with one attached hydrogen (secondary N) is 2. The van der Waals surface area contributed by atoms with Gasteiger partial charge in [-0.2, -0.15) is 0 Å². The second-order valence-electron chi connectivity index (χ2n) is 7.36. The third-order valence-corrected chi connectivity index (χ3v) is 3.98. The van der Waals surface area contributed by atoms with E-state index < -0.39 is 35.4 Å². The molecule has 0 unspecified atom stereocenters. The van der Waals surface area contributed by atoms with E-state index >= 15 is 0 Å². The fourth-order valence-corrected chi connectivity index (χ4v) is 2.33. The van der Waals surface area contributed by atoms with Gasteiger partial charge in [0.1, 0.15) is 12.1 Å². The lowest BCUT2D eigenvalue weighted by atomic mass is 9.86. The van der Waals surface area contributed by atoms with Crippen LogP contribution in [0.4, 0.5) is 4.79 Å². The molecule has 0 aliphatic heterocycles. The van der Waals surface area contributed by atoms with E-state index in [0.29, 0.717) is 6.61 Å². The van der Waals surface area contributed by atoms with Crippen LogP contribution in [0.2, 0.25) is 0 Å². The molecule has 0 fully saturated rings. The van der Waals surface area contributed by atoms with E-state index in [2.05, 4.69) is 10.6 Å². The Morgan fingerprint density at radius 3 is 2.32 bits per heavy atom. The highest BCUT2D eigenvalue weighted by molar-refractivity contribution is 5.97. The highest BCUT2D eigenvalue weighted by Gasteiger charge is 2.35. The first-order chi connectivity index (χ1) is 13.1. The van der Waals surface area contributed by atoms with Gasteiger partial charge in [-0.3, -0.25) is 14.8 Å². The Kier molecular flexibility index (Phi) is 9.04. The molecule has 0 saturated heterocycles. The first kappa shape index (κ1) is 23.5. The van der Waals surface area contributed by atoms with Crippen molar-refractivity contribution in [1.29, 1.82) is 0 Å². The summed E-state index contributed by atoms with van der Waals surface area (Å²) in [5, 5.41) is 24.2. The summed E-state index contributed by atoms with van der Waals surface area (Å²) in [6, 6.07) is 7.17. The molecular weight excluding hydrogens is 366 g/mol. The number of amides is 4. The minimum Gasteiger partial charge on any atom is -0.383 e. The molecule has 1 aromatic carbocycles. The smallest absolute Gasteiger partial charge is 0.349 e. The van der Waals surface area contributed by atoms with Gasteiger partial charge in [0.2, 0.25) is 5.91 Å². The van der Waals surface area contributed by atoms with Gasteiger partial charge in [0.05, 0.1) is 13.2 Å². The number of aliphatic hydroxyl groups excluding tert-OH is 1. The van der Waals surface area contributed by atoms with Gasteiger partial charge in [-0.05, 0) is 11.0 Å². The van der Waals surface area contributed by atoms with Crippen LogP contribution in [0.15, 0.2) is 30.3 Å². The number of carbonyl (C=O) groups excluding carboxylic acids is 3. The number of benzene rings is 1. The molecule has 0 aliphatic carbocycles. The second kappa shape index (κ2) is 10.7. The lowest BCUT2D eigenvalue weighted by molar-refractivity contribution is -0.163. The number of imide groups is 1. The van der Waals surface area contributed by atoms with E-state index in [4.69, 9.17) is 4.74 Å². The third kappa shape index (κ3) is 7.26. The van der Waals surface area contributed by atoms with Crippen molar-refractivity contribution in [3.05, 3.63) is 35.9 Å². The van der Waals surface area contributed by atoms with E-state index in [1.54, 1.807) is 20.8 Å².